The topological polar surface area (TPSA) is 65.2 Å². The van der Waals surface area contributed by atoms with Crippen LogP contribution in [0.2, 0.25) is 0 Å². The molecular weight excluding hydrogens is 266 g/mol. The first-order valence-electron chi connectivity index (χ1n) is 6.99. The summed E-state index contributed by atoms with van der Waals surface area (Å²) in [6.45, 7) is 1.99. The van der Waals surface area contributed by atoms with Crippen LogP contribution in [0.15, 0.2) is 48.7 Å². The van der Waals surface area contributed by atoms with Crippen LogP contribution >= 0.6 is 0 Å². The van der Waals surface area contributed by atoms with Gasteiger partial charge in [0.15, 0.2) is 0 Å². The largest absolute Gasteiger partial charge is 0.357 e. The number of nitrogens with zero attached hydrogens (tertiary/aromatic N) is 1. The lowest BCUT2D eigenvalue weighted by molar-refractivity contribution is -0.118. The van der Waals surface area contributed by atoms with Gasteiger partial charge in [0.2, 0.25) is 5.91 Å². The second kappa shape index (κ2) is 5.44. The lowest BCUT2D eigenvalue weighted by Gasteiger charge is -2.21. The molecular formula is C16H17N3O2. The van der Waals surface area contributed by atoms with Gasteiger partial charge < -0.3 is 15.2 Å². The molecule has 2 amide bonds. The zero-order valence-corrected chi connectivity index (χ0v) is 11.7. The molecule has 21 heavy (non-hydrogen) atoms. The van der Waals surface area contributed by atoms with Crippen LogP contribution in [0.5, 0.6) is 0 Å². The maximum atomic E-state index is 12.5. The molecule has 0 saturated carbocycles. The molecule has 0 aliphatic carbocycles. The molecule has 0 spiro atoms. The number of anilines is 1. The number of carbonyl (C=O) groups is 2. The normalized spacial score (nSPS) is 21.6. The fourth-order valence-electron chi connectivity index (χ4n) is 2.73. The highest BCUT2D eigenvalue weighted by atomic mass is 16.2. The molecule has 2 aromatic rings. The molecule has 1 aliphatic rings. The van der Waals surface area contributed by atoms with Gasteiger partial charge >= 0.3 is 0 Å². The monoisotopic (exact) mass is 283 g/mol. The van der Waals surface area contributed by atoms with Crippen molar-refractivity contribution in [2.75, 3.05) is 4.90 Å². The van der Waals surface area contributed by atoms with E-state index in [0.29, 0.717) is 12.1 Å². The molecule has 0 unspecified atom stereocenters. The fourth-order valence-corrected chi connectivity index (χ4v) is 2.73. The molecule has 5 nitrogen and oxygen atoms in total. The number of hydrogen-bond donors (Lipinski definition) is 2. The van der Waals surface area contributed by atoms with Crippen LogP contribution in [0.3, 0.4) is 0 Å². The molecule has 2 heterocycles. The van der Waals surface area contributed by atoms with Gasteiger partial charge in [0, 0.05) is 17.9 Å². The number of amides is 2. The number of hydrogen-bond acceptors (Lipinski definition) is 2. The van der Waals surface area contributed by atoms with E-state index in [1.807, 2.05) is 37.3 Å². The summed E-state index contributed by atoms with van der Waals surface area (Å²) in [6.07, 6.45) is 2.30. The predicted molar refractivity (Wildman–Crippen MR) is 80.1 cm³/mol. The fraction of sp³-hybridized carbons (Fsp3) is 0.250. The van der Waals surface area contributed by atoms with E-state index in [4.69, 9.17) is 0 Å². The Balaban J connectivity index is 1.75. The van der Waals surface area contributed by atoms with Gasteiger partial charge in [-0.25, -0.2) is 0 Å². The summed E-state index contributed by atoms with van der Waals surface area (Å²) in [5.41, 5.74) is 1.33. The molecule has 2 atom stereocenters. The van der Waals surface area contributed by atoms with Crippen LogP contribution in [-0.2, 0) is 4.79 Å². The first-order chi connectivity index (χ1) is 10.2. The molecule has 1 saturated heterocycles. The van der Waals surface area contributed by atoms with Crippen molar-refractivity contribution in [2.45, 2.75) is 25.4 Å². The van der Waals surface area contributed by atoms with Crippen molar-refractivity contribution in [2.24, 2.45) is 0 Å². The Bertz CT molecular complexity index is 637. The summed E-state index contributed by atoms with van der Waals surface area (Å²) in [5.74, 6) is -0.311. The molecule has 5 heteroatoms. The second-order valence-electron chi connectivity index (χ2n) is 5.24. The van der Waals surface area contributed by atoms with Crippen molar-refractivity contribution in [3.05, 3.63) is 54.4 Å². The number of H-pyrrole nitrogens is 1. The van der Waals surface area contributed by atoms with E-state index in [0.717, 1.165) is 5.69 Å². The lowest BCUT2D eigenvalue weighted by Crippen LogP contribution is -2.42. The van der Waals surface area contributed by atoms with Gasteiger partial charge in [-0.2, -0.15) is 0 Å². The molecule has 1 aliphatic heterocycles. The van der Waals surface area contributed by atoms with E-state index in [1.54, 1.807) is 23.2 Å². The summed E-state index contributed by atoms with van der Waals surface area (Å²) in [5, 5.41) is 2.80. The molecule has 0 bridgehead atoms. The van der Waals surface area contributed by atoms with Gasteiger partial charge in [-0.1, -0.05) is 18.2 Å². The predicted octanol–water partition coefficient (Wildman–Crippen LogP) is 1.94. The molecule has 1 aromatic heterocycles. The highest BCUT2D eigenvalue weighted by molar-refractivity contribution is 6.03. The van der Waals surface area contributed by atoms with E-state index in [2.05, 4.69) is 10.3 Å². The van der Waals surface area contributed by atoms with E-state index in [9.17, 15) is 9.59 Å². The van der Waals surface area contributed by atoms with E-state index >= 15 is 0 Å². The SMILES string of the molecule is C[C@@H]1C[C@@H](NC(=O)c2ccc[nH]2)C(=O)N1c1ccccc1. The summed E-state index contributed by atoms with van der Waals surface area (Å²) in [6, 6.07) is 12.6. The third kappa shape index (κ3) is 2.54. The van der Waals surface area contributed by atoms with E-state index < -0.39 is 6.04 Å². The van der Waals surface area contributed by atoms with Crippen molar-refractivity contribution < 1.29 is 9.59 Å². The van der Waals surface area contributed by atoms with Gasteiger partial charge in [-0.15, -0.1) is 0 Å². The first kappa shape index (κ1) is 13.4. The van der Waals surface area contributed by atoms with Gasteiger partial charge in [-0.3, -0.25) is 9.59 Å². The minimum absolute atomic E-state index is 0.0615. The molecule has 2 N–H and O–H groups in total. The van der Waals surface area contributed by atoms with Gasteiger partial charge in [-0.05, 0) is 37.6 Å². The molecule has 1 aromatic carbocycles. The van der Waals surface area contributed by atoms with E-state index in [-0.39, 0.29) is 17.9 Å². The van der Waals surface area contributed by atoms with Gasteiger partial charge in [0.25, 0.3) is 5.91 Å². The van der Waals surface area contributed by atoms with Crippen molar-refractivity contribution in [1.29, 1.82) is 0 Å². The highest BCUT2D eigenvalue weighted by Gasteiger charge is 2.38. The highest BCUT2D eigenvalue weighted by Crippen LogP contribution is 2.26. The van der Waals surface area contributed by atoms with Crippen LogP contribution in [0.1, 0.15) is 23.8 Å². The van der Waals surface area contributed by atoms with Crippen LogP contribution in [0, 0.1) is 0 Å². The van der Waals surface area contributed by atoms with Crippen LogP contribution in [0.4, 0.5) is 5.69 Å². The summed E-state index contributed by atoms with van der Waals surface area (Å²) < 4.78 is 0. The lowest BCUT2D eigenvalue weighted by atomic mass is 10.2. The van der Waals surface area contributed by atoms with Crippen LogP contribution in [-0.4, -0.2) is 28.9 Å². The Morgan fingerprint density at radius 1 is 1.24 bits per heavy atom. The quantitative estimate of drug-likeness (QED) is 0.904. The third-order valence-electron chi connectivity index (χ3n) is 3.74. The maximum Gasteiger partial charge on any atom is 0.268 e. The Kier molecular flexibility index (Phi) is 3.48. The molecule has 0 radical (unpaired) electrons. The van der Waals surface area contributed by atoms with Gasteiger partial charge in [0.1, 0.15) is 11.7 Å². The number of aromatic amines is 1. The average Bonchev–Trinajstić information content (AvgIpc) is 3.09. The number of benzene rings is 1. The Hall–Kier alpha value is -2.56. The molecule has 108 valence electrons. The Morgan fingerprint density at radius 3 is 2.67 bits per heavy atom. The number of para-hydroxylation sites is 1. The Labute approximate surface area is 123 Å². The number of carbonyl (C=O) groups excluding carboxylic acids is 2. The van der Waals surface area contributed by atoms with Crippen molar-refractivity contribution in [3.63, 3.8) is 0 Å². The summed E-state index contributed by atoms with van der Waals surface area (Å²) >= 11 is 0. The van der Waals surface area contributed by atoms with Crippen molar-refractivity contribution in [1.82, 2.24) is 10.3 Å². The number of rotatable bonds is 3. The van der Waals surface area contributed by atoms with Crippen molar-refractivity contribution in [3.8, 4) is 0 Å². The average molecular weight is 283 g/mol. The number of aromatic nitrogens is 1. The van der Waals surface area contributed by atoms with Crippen molar-refractivity contribution >= 4 is 17.5 Å². The van der Waals surface area contributed by atoms with Crippen LogP contribution < -0.4 is 10.2 Å². The van der Waals surface area contributed by atoms with Gasteiger partial charge in [0.05, 0.1) is 0 Å². The smallest absolute Gasteiger partial charge is 0.268 e. The zero-order chi connectivity index (χ0) is 14.8. The summed E-state index contributed by atoms with van der Waals surface area (Å²) in [4.78, 5) is 29.2. The number of nitrogens with one attached hydrogen (secondary N) is 2. The Morgan fingerprint density at radius 2 is 2.00 bits per heavy atom. The second-order valence-corrected chi connectivity index (χ2v) is 5.24. The minimum Gasteiger partial charge on any atom is -0.357 e. The standard InChI is InChI=1S/C16H17N3O2/c1-11-10-14(18-15(20)13-8-5-9-17-13)16(21)19(11)12-6-3-2-4-7-12/h2-9,11,14,17H,10H2,1H3,(H,18,20)/t11-,14-/m1/s1. The van der Waals surface area contributed by atoms with E-state index in [1.165, 1.54) is 0 Å². The maximum absolute atomic E-state index is 12.5. The minimum atomic E-state index is -0.476. The first-order valence-corrected chi connectivity index (χ1v) is 6.99. The zero-order valence-electron chi connectivity index (χ0n) is 11.7. The third-order valence-corrected chi connectivity index (χ3v) is 3.74. The van der Waals surface area contributed by atoms with Crippen LogP contribution in [0.25, 0.3) is 0 Å². The molecule has 3 rings (SSSR count). The molecule has 1 fully saturated rings. The summed E-state index contributed by atoms with van der Waals surface area (Å²) in [7, 11) is 0.